The van der Waals surface area contributed by atoms with Crippen molar-refractivity contribution in [2.75, 3.05) is 18.8 Å². The molecule has 0 saturated carbocycles. The first kappa shape index (κ1) is 25.6. The molecule has 3 unspecified atom stereocenters. The largest absolute Gasteiger partial charge is 0.481 e. The summed E-state index contributed by atoms with van der Waals surface area (Å²) in [5, 5.41) is 24.2. The number of carbonyl (C=O) groups excluding carboxylic acids is 3. The second-order valence-electron chi connectivity index (χ2n) is 5.91. The zero-order valence-electron chi connectivity index (χ0n) is 15.2. The quantitative estimate of drug-likeness (QED) is 0.106. The first-order chi connectivity index (χ1) is 13.1. The van der Waals surface area contributed by atoms with Crippen molar-refractivity contribution in [2.45, 2.75) is 43.8 Å². The van der Waals surface area contributed by atoms with Crippen LogP contribution in [0.5, 0.6) is 0 Å². The van der Waals surface area contributed by atoms with Crippen LogP contribution in [-0.2, 0) is 24.0 Å². The van der Waals surface area contributed by atoms with Crippen molar-refractivity contribution in [1.82, 2.24) is 16.0 Å². The summed E-state index contributed by atoms with van der Waals surface area (Å²) in [6, 6.07) is -3.67. The molecule has 0 rings (SSSR count). The fourth-order valence-corrected chi connectivity index (χ4v) is 2.28. The molecular weight excluding hydrogens is 394 g/mol. The Kier molecular flexibility index (Phi) is 12.6. The Morgan fingerprint density at radius 1 is 0.964 bits per heavy atom. The number of hydrogen-bond acceptors (Lipinski definition) is 8. The van der Waals surface area contributed by atoms with E-state index in [4.69, 9.17) is 21.7 Å². The van der Waals surface area contributed by atoms with Crippen molar-refractivity contribution >= 4 is 42.3 Å². The van der Waals surface area contributed by atoms with Gasteiger partial charge >= 0.3 is 11.9 Å². The molecule has 0 aliphatic heterocycles. The fraction of sp³-hybridized carbons (Fsp3) is 0.667. The van der Waals surface area contributed by atoms with Crippen LogP contribution in [-0.4, -0.2) is 76.8 Å². The van der Waals surface area contributed by atoms with Crippen molar-refractivity contribution in [1.29, 1.82) is 0 Å². The third-order valence-corrected chi connectivity index (χ3v) is 3.92. The maximum absolute atomic E-state index is 12.1. The molecule has 0 aliphatic rings. The summed E-state index contributed by atoms with van der Waals surface area (Å²) >= 11 is 3.91. The molecule has 3 atom stereocenters. The minimum atomic E-state index is -1.66. The first-order valence-corrected chi connectivity index (χ1v) is 9.14. The number of nitrogens with one attached hydrogen (secondary N) is 3. The number of unbranched alkanes of at least 4 members (excludes halogenated alkanes) is 1. The van der Waals surface area contributed by atoms with Crippen LogP contribution < -0.4 is 27.4 Å². The number of hydrogen-bond donors (Lipinski definition) is 8. The van der Waals surface area contributed by atoms with E-state index in [1.807, 2.05) is 5.32 Å². The standard InChI is InChI=1S/C15H27N5O7S/c16-4-2-1-3-8(17)13(24)18-6-11(21)19-10(7-28)14(25)20-9(15(26)27)5-12(22)23/h8-10,28H,1-7,16-17H2,(H,18,24)(H,19,21)(H,20,25)(H,22,23)(H,26,27). The molecule has 0 saturated heterocycles. The third kappa shape index (κ3) is 10.7. The van der Waals surface area contributed by atoms with Crippen molar-refractivity contribution in [3.8, 4) is 0 Å². The zero-order chi connectivity index (χ0) is 21.7. The van der Waals surface area contributed by atoms with E-state index in [2.05, 4.69) is 23.3 Å². The average molecular weight is 421 g/mol. The Bertz CT molecular complexity index is 575. The van der Waals surface area contributed by atoms with E-state index in [-0.39, 0.29) is 5.75 Å². The molecule has 13 heteroatoms. The van der Waals surface area contributed by atoms with Gasteiger partial charge in [-0.3, -0.25) is 19.2 Å². The molecular formula is C15H27N5O7S. The minimum absolute atomic E-state index is 0.177. The number of rotatable bonds is 14. The molecule has 0 bridgehead atoms. The topological polar surface area (TPSA) is 214 Å². The van der Waals surface area contributed by atoms with Gasteiger partial charge in [-0.15, -0.1) is 0 Å². The Hall–Kier alpha value is -2.38. The van der Waals surface area contributed by atoms with Gasteiger partial charge in [0.2, 0.25) is 17.7 Å². The van der Waals surface area contributed by atoms with Gasteiger partial charge in [-0.1, -0.05) is 6.42 Å². The maximum atomic E-state index is 12.1. The Balaban J connectivity index is 4.53. The highest BCUT2D eigenvalue weighted by Crippen LogP contribution is 1.98. The normalized spacial score (nSPS) is 13.7. The van der Waals surface area contributed by atoms with E-state index in [0.717, 1.165) is 6.42 Å². The molecule has 0 fully saturated rings. The highest BCUT2D eigenvalue weighted by atomic mass is 32.1. The van der Waals surface area contributed by atoms with Crippen LogP contribution in [0.1, 0.15) is 25.7 Å². The number of nitrogens with two attached hydrogens (primary N) is 2. The lowest BCUT2D eigenvalue weighted by atomic mass is 10.1. The smallest absolute Gasteiger partial charge is 0.326 e. The molecule has 3 amide bonds. The van der Waals surface area contributed by atoms with Gasteiger partial charge in [-0.05, 0) is 19.4 Å². The number of carboxylic acid groups (broad SMARTS) is 2. The van der Waals surface area contributed by atoms with Gasteiger partial charge in [-0.25, -0.2) is 4.79 Å². The maximum Gasteiger partial charge on any atom is 0.326 e. The summed E-state index contributed by atoms with van der Waals surface area (Å²) in [7, 11) is 0. The zero-order valence-corrected chi connectivity index (χ0v) is 16.1. The Morgan fingerprint density at radius 2 is 1.61 bits per heavy atom. The lowest BCUT2D eigenvalue weighted by Crippen LogP contribution is -2.54. The highest BCUT2D eigenvalue weighted by molar-refractivity contribution is 7.80. The molecule has 0 radical (unpaired) electrons. The van der Waals surface area contributed by atoms with Crippen LogP contribution in [0.4, 0.5) is 0 Å². The summed E-state index contributed by atoms with van der Waals surface area (Å²) in [5.74, 6) is -5.29. The lowest BCUT2D eigenvalue weighted by Gasteiger charge is -2.19. The molecule has 160 valence electrons. The minimum Gasteiger partial charge on any atom is -0.481 e. The first-order valence-electron chi connectivity index (χ1n) is 8.50. The predicted octanol–water partition coefficient (Wildman–Crippen LogP) is -2.98. The molecule has 0 aromatic carbocycles. The highest BCUT2D eigenvalue weighted by Gasteiger charge is 2.27. The van der Waals surface area contributed by atoms with Gasteiger partial charge in [0.1, 0.15) is 12.1 Å². The molecule has 0 heterocycles. The predicted molar refractivity (Wildman–Crippen MR) is 101 cm³/mol. The van der Waals surface area contributed by atoms with Crippen LogP contribution in [0, 0.1) is 0 Å². The van der Waals surface area contributed by atoms with E-state index in [0.29, 0.717) is 19.4 Å². The van der Waals surface area contributed by atoms with Crippen molar-refractivity contribution in [2.24, 2.45) is 11.5 Å². The van der Waals surface area contributed by atoms with Gasteiger partial charge < -0.3 is 37.6 Å². The van der Waals surface area contributed by atoms with Crippen LogP contribution in [0.15, 0.2) is 0 Å². The van der Waals surface area contributed by atoms with Crippen molar-refractivity contribution < 1.29 is 34.2 Å². The number of amides is 3. The van der Waals surface area contributed by atoms with Crippen LogP contribution in [0.25, 0.3) is 0 Å². The third-order valence-electron chi connectivity index (χ3n) is 3.56. The summed E-state index contributed by atoms with van der Waals surface area (Å²) in [4.78, 5) is 57.4. The van der Waals surface area contributed by atoms with Gasteiger partial charge in [0.25, 0.3) is 0 Å². The van der Waals surface area contributed by atoms with E-state index in [1.165, 1.54) is 0 Å². The molecule has 0 aromatic heterocycles. The number of thiol groups is 1. The van der Waals surface area contributed by atoms with Gasteiger partial charge in [-0.2, -0.15) is 12.6 Å². The molecule has 9 N–H and O–H groups in total. The summed E-state index contributed by atoms with van der Waals surface area (Å²) in [6.45, 7) is 0.0393. The van der Waals surface area contributed by atoms with Crippen LogP contribution in [0.3, 0.4) is 0 Å². The van der Waals surface area contributed by atoms with Gasteiger partial charge in [0.05, 0.1) is 19.0 Å². The van der Waals surface area contributed by atoms with Crippen LogP contribution >= 0.6 is 12.6 Å². The molecule has 0 aromatic rings. The van der Waals surface area contributed by atoms with Crippen molar-refractivity contribution in [3.63, 3.8) is 0 Å². The number of carboxylic acids is 2. The lowest BCUT2D eigenvalue weighted by molar-refractivity contribution is -0.147. The summed E-state index contributed by atoms with van der Waals surface area (Å²) in [5.41, 5.74) is 11.0. The SMILES string of the molecule is NCCCCC(N)C(=O)NCC(=O)NC(CS)C(=O)NC(CC(=O)O)C(=O)O. The van der Waals surface area contributed by atoms with E-state index in [1.54, 1.807) is 0 Å². The summed E-state index contributed by atoms with van der Waals surface area (Å²) in [6.07, 6.45) is 0.971. The molecule has 28 heavy (non-hydrogen) atoms. The second kappa shape index (κ2) is 13.7. The van der Waals surface area contributed by atoms with Crippen LogP contribution in [0.2, 0.25) is 0 Å². The summed E-state index contributed by atoms with van der Waals surface area (Å²) < 4.78 is 0. The van der Waals surface area contributed by atoms with Crippen molar-refractivity contribution in [3.05, 3.63) is 0 Å². The Labute approximate surface area is 167 Å². The van der Waals surface area contributed by atoms with Gasteiger partial charge in [0, 0.05) is 5.75 Å². The average Bonchev–Trinajstić information content (AvgIpc) is 2.62. The number of aliphatic carboxylic acids is 2. The molecule has 0 spiro atoms. The van der Waals surface area contributed by atoms with E-state index in [9.17, 15) is 24.0 Å². The van der Waals surface area contributed by atoms with E-state index >= 15 is 0 Å². The number of carbonyl (C=O) groups is 5. The monoisotopic (exact) mass is 421 g/mol. The molecule has 12 nitrogen and oxygen atoms in total. The second-order valence-corrected chi connectivity index (χ2v) is 6.27. The fourth-order valence-electron chi connectivity index (χ4n) is 2.02. The Morgan fingerprint density at radius 3 is 2.11 bits per heavy atom. The van der Waals surface area contributed by atoms with E-state index < -0.39 is 60.8 Å². The molecule has 0 aliphatic carbocycles. The van der Waals surface area contributed by atoms with Gasteiger partial charge in [0.15, 0.2) is 0 Å².